The quantitative estimate of drug-likeness (QED) is 0.666. The highest BCUT2D eigenvalue weighted by Gasteiger charge is 2.18. The van der Waals surface area contributed by atoms with Gasteiger partial charge in [-0.1, -0.05) is 22.0 Å². The van der Waals surface area contributed by atoms with Crippen LogP contribution in [-0.2, 0) is 4.79 Å². The average Bonchev–Trinajstić information content (AvgIpc) is 2.51. The Bertz CT molecular complexity index is 699. The van der Waals surface area contributed by atoms with Crippen LogP contribution in [-0.4, -0.2) is 11.2 Å². The van der Waals surface area contributed by atoms with Crippen LogP contribution in [0.2, 0.25) is 0 Å². The van der Waals surface area contributed by atoms with Gasteiger partial charge in [0, 0.05) is 15.1 Å². The Morgan fingerprint density at radius 2 is 1.57 bits per heavy atom. The van der Waals surface area contributed by atoms with Crippen molar-refractivity contribution in [1.29, 1.82) is 0 Å². The van der Waals surface area contributed by atoms with Gasteiger partial charge in [-0.3, -0.25) is 4.79 Å². The van der Waals surface area contributed by atoms with Crippen LogP contribution in [0, 0.1) is 27.7 Å². The predicted molar refractivity (Wildman–Crippen MR) is 103 cm³/mol. The summed E-state index contributed by atoms with van der Waals surface area (Å²) in [7, 11) is 0. The Morgan fingerprint density at radius 3 is 2.09 bits per heavy atom. The Balaban J connectivity index is 2.14. The zero-order valence-corrected chi connectivity index (χ0v) is 16.6. The van der Waals surface area contributed by atoms with Crippen LogP contribution in [0.1, 0.15) is 29.2 Å². The fourth-order valence-electron chi connectivity index (χ4n) is 2.36. The zero-order chi connectivity index (χ0) is 17.1. The topological polar surface area (TPSA) is 29.1 Å². The molecule has 1 atom stereocenters. The molecule has 0 fully saturated rings. The second-order valence-electron chi connectivity index (χ2n) is 5.85. The van der Waals surface area contributed by atoms with E-state index in [4.69, 9.17) is 0 Å². The van der Waals surface area contributed by atoms with Crippen LogP contribution in [0.4, 0.5) is 5.69 Å². The van der Waals surface area contributed by atoms with Crippen LogP contribution in [0.5, 0.6) is 0 Å². The molecule has 0 saturated carbocycles. The van der Waals surface area contributed by atoms with E-state index in [1.807, 2.05) is 31.2 Å². The number of anilines is 1. The summed E-state index contributed by atoms with van der Waals surface area (Å²) in [6, 6.07) is 9.85. The fourth-order valence-corrected chi connectivity index (χ4v) is 3.82. The third-order valence-corrected chi connectivity index (χ3v) is 6.02. The summed E-state index contributed by atoms with van der Waals surface area (Å²) >= 11 is 5.03. The summed E-state index contributed by atoms with van der Waals surface area (Å²) in [5, 5.41) is 2.82. The van der Waals surface area contributed by atoms with E-state index in [1.54, 1.807) is 11.8 Å². The normalized spacial score (nSPS) is 12.1. The highest BCUT2D eigenvalue weighted by atomic mass is 79.9. The third kappa shape index (κ3) is 4.39. The van der Waals surface area contributed by atoms with Crippen molar-refractivity contribution < 1.29 is 4.79 Å². The van der Waals surface area contributed by atoms with Gasteiger partial charge < -0.3 is 5.32 Å². The van der Waals surface area contributed by atoms with Crippen molar-refractivity contribution >= 4 is 39.3 Å². The Labute approximate surface area is 151 Å². The Hall–Kier alpha value is -1.26. The van der Waals surface area contributed by atoms with E-state index < -0.39 is 0 Å². The molecule has 23 heavy (non-hydrogen) atoms. The van der Waals surface area contributed by atoms with Crippen LogP contribution in [0.25, 0.3) is 0 Å². The van der Waals surface area contributed by atoms with Crippen molar-refractivity contribution in [2.24, 2.45) is 0 Å². The lowest BCUT2D eigenvalue weighted by Gasteiger charge is -2.18. The van der Waals surface area contributed by atoms with Gasteiger partial charge in [-0.05, 0) is 81.1 Å². The molecular weight excluding hydrogens is 370 g/mol. The van der Waals surface area contributed by atoms with Crippen molar-refractivity contribution in [3.8, 4) is 0 Å². The molecule has 0 saturated heterocycles. The van der Waals surface area contributed by atoms with Crippen LogP contribution in [0.15, 0.2) is 39.7 Å². The van der Waals surface area contributed by atoms with E-state index in [1.165, 1.54) is 27.1 Å². The van der Waals surface area contributed by atoms with E-state index in [9.17, 15) is 4.79 Å². The van der Waals surface area contributed by atoms with Crippen molar-refractivity contribution in [3.05, 3.63) is 57.1 Å². The van der Waals surface area contributed by atoms with Crippen molar-refractivity contribution in [1.82, 2.24) is 0 Å². The van der Waals surface area contributed by atoms with Gasteiger partial charge in [0.1, 0.15) is 0 Å². The maximum Gasteiger partial charge on any atom is 0.237 e. The number of nitrogens with one attached hydrogen (secondary N) is 1. The second-order valence-corrected chi connectivity index (χ2v) is 8.11. The highest BCUT2D eigenvalue weighted by molar-refractivity contribution is 9.10. The molecule has 0 aliphatic rings. The second kappa shape index (κ2) is 7.54. The molecule has 1 amide bonds. The molecule has 0 aliphatic carbocycles. The molecular formula is C19H22BrNOS. The highest BCUT2D eigenvalue weighted by Crippen LogP contribution is 2.34. The first-order valence-corrected chi connectivity index (χ1v) is 9.27. The molecule has 2 nitrogen and oxygen atoms in total. The number of halogens is 1. The smallest absolute Gasteiger partial charge is 0.237 e. The maximum absolute atomic E-state index is 12.5. The monoisotopic (exact) mass is 391 g/mol. The summed E-state index contributed by atoms with van der Waals surface area (Å²) < 4.78 is 0.999. The minimum Gasteiger partial charge on any atom is -0.325 e. The van der Waals surface area contributed by atoms with Crippen LogP contribution in [0.3, 0.4) is 0 Å². The van der Waals surface area contributed by atoms with Gasteiger partial charge in [0.25, 0.3) is 0 Å². The molecule has 0 aromatic heterocycles. The first kappa shape index (κ1) is 18.1. The summed E-state index contributed by atoms with van der Waals surface area (Å²) in [4.78, 5) is 13.7. The van der Waals surface area contributed by atoms with Gasteiger partial charge in [-0.25, -0.2) is 0 Å². The molecule has 0 heterocycles. The van der Waals surface area contributed by atoms with Gasteiger partial charge >= 0.3 is 0 Å². The molecule has 0 unspecified atom stereocenters. The Kier molecular flexibility index (Phi) is 5.93. The van der Waals surface area contributed by atoms with Gasteiger partial charge in [0.2, 0.25) is 5.91 Å². The van der Waals surface area contributed by atoms with Gasteiger partial charge in [-0.2, -0.15) is 0 Å². The average molecular weight is 392 g/mol. The van der Waals surface area contributed by atoms with Gasteiger partial charge in [0.15, 0.2) is 0 Å². The molecule has 1 N–H and O–H groups in total. The largest absolute Gasteiger partial charge is 0.325 e. The van der Waals surface area contributed by atoms with Crippen molar-refractivity contribution in [3.63, 3.8) is 0 Å². The van der Waals surface area contributed by atoms with E-state index in [0.29, 0.717) is 0 Å². The lowest BCUT2D eigenvalue weighted by molar-refractivity contribution is -0.115. The molecule has 2 aromatic rings. The van der Waals surface area contributed by atoms with E-state index in [2.05, 4.69) is 55.0 Å². The first-order chi connectivity index (χ1) is 10.8. The standard InChI is InChI=1S/C19H22BrNOS/c1-11-10-12(2)14(4)18(13(11)3)23-15(5)19(22)21-17-8-6-16(20)7-9-17/h6-10,15H,1-5H3,(H,21,22)/t15-/m0/s1. The molecule has 0 radical (unpaired) electrons. The molecule has 2 rings (SSSR count). The number of benzene rings is 2. The number of carbonyl (C=O) groups is 1. The first-order valence-electron chi connectivity index (χ1n) is 7.60. The number of carbonyl (C=O) groups excluding carboxylic acids is 1. The van der Waals surface area contributed by atoms with Crippen LogP contribution < -0.4 is 5.32 Å². The number of aryl methyl sites for hydroxylation is 2. The third-order valence-electron chi connectivity index (χ3n) is 4.07. The molecule has 0 aliphatic heterocycles. The van der Waals surface area contributed by atoms with Crippen LogP contribution >= 0.6 is 27.7 Å². The molecule has 0 spiro atoms. The summed E-state index contributed by atoms with van der Waals surface area (Å²) in [6.45, 7) is 10.5. The van der Waals surface area contributed by atoms with Gasteiger partial charge in [-0.15, -0.1) is 11.8 Å². The zero-order valence-electron chi connectivity index (χ0n) is 14.2. The van der Waals surface area contributed by atoms with Crippen molar-refractivity contribution in [2.45, 2.75) is 44.8 Å². The predicted octanol–water partition coefficient (Wildman–Crippen LogP) is 5.80. The number of rotatable bonds is 4. The lowest BCUT2D eigenvalue weighted by atomic mass is 10.0. The molecule has 122 valence electrons. The maximum atomic E-state index is 12.5. The number of amides is 1. The lowest BCUT2D eigenvalue weighted by Crippen LogP contribution is -2.22. The Morgan fingerprint density at radius 1 is 1.04 bits per heavy atom. The van der Waals surface area contributed by atoms with Crippen molar-refractivity contribution in [2.75, 3.05) is 5.32 Å². The summed E-state index contributed by atoms with van der Waals surface area (Å²) in [5.41, 5.74) is 5.90. The number of hydrogen-bond donors (Lipinski definition) is 1. The molecule has 0 bridgehead atoms. The number of thioether (sulfide) groups is 1. The molecule has 4 heteroatoms. The minimum atomic E-state index is -0.155. The summed E-state index contributed by atoms with van der Waals surface area (Å²) in [6.07, 6.45) is 0. The SMILES string of the molecule is Cc1cc(C)c(C)c(S[C@@H](C)C(=O)Nc2ccc(Br)cc2)c1C. The summed E-state index contributed by atoms with van der Waals surface area (Å²) in [5.74, 6) is 0.0234. The fraction of sp³-hybridized carbons (Fsp3) is 0.316. The van der Waals surface area contributed by atoms with E-state index in [0.717, 1.165) is 10.2 Å². The van der Waals surface area contributed by atoms with Gasteiger partial charge in [0.05, 0.1) is 5.25 Å². The van der Waals surface area contributed by atoms with E-state index in [-0.39, 0.29) is 11.2 Å². The molecule has 2 aromatic carbocycles. The number of hydrogen-bond acceptors (Lipinski definition) is 2. The minimum absolute atomic E-state index is 0.0234. The van der Waals surface area contributed by atoms with E-state index >= 15 is 0 Å².